The normalized spacial score (nSPS) is 14.9. The molecule has 3 aromatic rings. The molecule has 0 unspecified atom stereocenters. The maximum atomic E-state index is 12.9. The Morgan fingerprint density at radius 2 is 1.72 bits per heavy atom. The van der Waals surface area contributed by atoms with Crippen molar-refractivity contribution in [1.82, 2.24) is 15.1 Å². The van der Waals surface area contributed by atoms with Crippen molar-refractivity contribution in [1.29, 1.82) is 0 Å². The molecule has 0 bridgehead atoms. The number of nitrogens with one attached hydrogen (secondary N) is 1. The standard InChI is InChI=1S/C21H21N3O/c1-15(16-12-13-16)22-21(25)20-14-19(17-8-4-2-5-9-17)23-24(20)18-10-6-3-7-11-18/h2-11,14-16H,12-13H2,1H3,(H,22,25)/t15-/m0/s1. The first kappa shape index (κ1) is 15.6. The number of carbonyl (C=O) groups excluding carboxylic acids is 1. The van der Waals surface area contributed by atoms with E-state index in [0.29, 0.717) is 11.6 Å². The van der Waals surface area contributed by atoms with Crippen LogP contribution in [0.2, 0.25) is 0 Å². The Kier molecular flexibility index (Phi) is 4.10. The molecule has 1 aliphatic carbocycles. The summed E-state index contributed by atoms with van der Waals surface area (Å²) in [6.45, 7) is 2.08. The van der Waals surface area contributed by atoms with E-state index in [1.165, 1.54) is 12.8 Å². The van der Waals surface area contributed by atoms with Crippen LogP contribution in [0.15, 0.2) is 66.7 Å². The summed E-state index contributed by atoms with van der Waals surface area (Å²) in [6, 6.07) is 21.8. The average molecular weight is 331 g/mol. The van der Waals surface area contributed by atoms with Crippen molar-refractivity contribution in [2.24, 2.45) is 5.92 Å². The van der Waals surface area contributed by atoms with Crippen molar-refractivity contribution in [2.75, 3.05) is 0 Å². The summed E-state index contributed by atoms with van der Waals surface area (Å²) in [6.07, 6.45) is 2.41. The largest absolute Gasteiger partial charge is 0.348 e. The molecule has 4 nitrogen and oxygen atoms in total. The number of hydrogen-bond donors (Lipinski definition) is 1. The van der Waals surface area contributed by atoms with Crippen LogP contribution in [-0.2, 0) is 0 Å². The van der Waals surface area contributed by atoms with Crippen LogP contribution in [0.5, 0.6) is 0 Å². The molecular weight excluding hydrogens is 310 g/mol. The fourth-order valence-electron chi connectivity index (χ4n) is 3.05. The maximum absolute atomic E-state index is 12.9. The number of rotatable bonds is 5. The molecule has 1 atom stereocenters. The van der Waals surface area contributed by atoms with Crippen LogP contribution in [0.4, 0.5) is 0 Å². The summed E-state index contributed by atoms with van der Waals surface area (Å²) in [5.74, 6) is 0.545. The number of carbonyl (C=O) groups is 1. The molecule has 4 rings (SSSR count). The number of amides is 1. The third-order valence-corrected chi connectivity index (χ3v) is 4.70. The first-order valence-electron chi connectivity index (χ1n) is 8.74. The minimum absolute atomic E-state index is 0.0714. The average Bonchev–Trinajstić information content (AvgIpc) is 3.41. The monoisotopic (exact) mass is 331 g/mol. The van der Waals surface area contributed by atoms with Crippen molar-refractivity contribution >= 4 is 5.91 Å². The molecular formula is C21H21N3O. The molecule has 1 aromatic heterocycles. The van der Waals surface area contributed by atoms with E-state index in [9.17, 15) is 4.79 Å². The lowest BCUT2D eigenvalue weighted by molar-refractivity contribution is 0.0928. The molecule has 1 saturated carbocycles. The molecule has 0 radical (unpaired) electrons. The third-order valence-electron chi connectivity index (χ3n) is 4.70. The summed E-state index contributed by atoms with van der Waals surface area (Å²) < 4.78 is 1.73. The summed E-state index contributed by atoms with van der Waals surface area (Å²) in [4.78, 5) is 12.9. The molecule has 0 spiro atoms. The second kappa shape index (κ2) is 6.55. The highest BCUT2D eigenvalue weighted by atomic mass is 16.2. The van der Waals surface area contributed by atoms with Gasteiger partial charge < -0.3 is 5.32 Å². The van der Waals surface area contributed by atoms with Gasteiger partial charge in [0.05, 0.1) is 11.4 Å². The smallest absolute Gasteiger partial charge is 0.270 e. The Morgan fingerprint density at radius 1 is 1.08 bits per heavy atom. The maximum Gasteiger partial charge on any atom is 0.270 e. The highest BCUT2D eigenvalue weighted by Crippen LogP contribution is 2.32. The van der Waals surface area contributed by atoms with E-state index in [1.54, 1.807) is 4.68 Å². The van der Waals surface area contributed by atoms with E-state index in [0.717, 1.165) is 16.9 Å². The van der Waals surface area contributed by atoms with E-state index in [-0.39, 0.29) is 11.9 Å². The fraction of sp³-hybridized carbons (Fsp3) is 0.238. The molecule has 1 amide bonds. The zero-order valence-corrected chi connectivity index (χ0v) is 14.2. The first-order valence-corrected chi connectivity index (χ1v) is 8.74. The third kappa shape index (κ3) is 3.33. The zero-order chi connectivity index (χ0) is 17.2. The second-order valence-corrected chi connectivity index (χ2v) is 6.63. The van der Waals surface area contributed by atoms with Gasteiger partial charge in [0.15, 0.2) is 0 Å². The van der Waals surface area contributed by atoms with Crippen molar-refractivity contribution in [3.8, 4) is 16.9 Å². The fourth-order valence-corrected chi connectivity index (χ4v) is 3.05. The summed E-state index contributed by atoms with van der Waals surface area (Å²) >= 11 is 0. The summed E-state index contributed by atoms with van der Waals surface area (Å²) in [5, 5.41) is 7.83. The van der Waals surface area contributed by atoms with Crippen molar-refractivity contribution in [2.45, 2.75) is 25.8 Å². The van der Waals surface area contributed by atoms with Gasteiger partial charge in [0.1, 0.15) is 5.69 Å². The molecule has 1 N–H and O–H groups in total. The van der Waals surface area contributed by atoms with Crippen molar-refractivity contribution < 1.29 is 4.79 Å². The molecule has 2 aromatic carbocycles. The lowest BCUT2D eigenvalue weighted by Gasteiger charge is -2.13. The Morgan fingerprint density at radius 3 is 2.36 bits per heavy atom. The van der Waals surface area contributed by atoms with Gasteiger partial charge in [-0.3, -0.25) is 4.79 Å². The number of hydrogen-bond acceptors (Lipinski definition) is 2. The van der Waals surface area contributed by atoms with Gasteiger partial charge in [-0.25, -0.2) is 4.68 Å². The van der Waals surface area contributed by atoms with Crippen LogP contribution in [0.1, 0.15) is 30.3 Å². The van der Waals surface area contributed by atoms with Gasteiger partial charge in [-0.15, -0.1) is 0 Å². The van der Waals surface area contributed by atoms with Crippen LogP contribution in [0, 0.1) is 5.92 Å². The summed E-state index contributed by atoms with van der Waals surface area (Å²) in [5.41, 5.74) is 3.25. The lowest BCUT2D eigenvalue weighted by atomic mass is 10.1. The Bertz CT molecular complexity index is 867. The number of aromatic nitrogens is 2. The SMILES string of the molecule is C[C@H](NC(=O)c1cc(-c2ccccc2)nn1-c1ccccc1)C1CC1. The Labute approximate surface area is 147 Å². The lowest BCUT2D eigenvalue weighted by Crippen LogP contribution is -2.35. The van der Waals surface area contributed by atoms with Crippen LogP contribution in [-0.4, -0.2) is 21.7 Å². The van der Waals surface area contributed by atoms with Gasteiger partial charge in [0.25, 0.3) is 5.91 Å². The van der Waals surface area contributed by atoms with Crippen molar-refractivity contribution in [3.05, 3.63) is 72.4 Å². The van der Waals surface area contributed by atoms with Gasteiger partial charge >= 0.3 is 0 Å². The summed E-state index contributed by atoms with van der Waals surface area (Å²) in [7, 11) is 0. The van der Waals surface area contributed by atoms with Crippen molar-refractivity contribution in [3.63, 3.8) is 0 Å². The molecule has 0 saturated heterocycles. The molecule has 1 heterocycles. The highest BCUT2D eigenvalue weighted by molar-refractivity contribution is 5.94. The number of benzene rings is 2. The zero-order valence-electron chi connectivity index (χ0n) is 14.2. The predicted molar refractivity (Wildman–Crippen MR) is 98.7 cm³/mol. The molecule has 1 fully saturated rings. The molecule has 4 heteroatoms. The van der Waals surface area contributed by atoms with Gasteiger partial charge in [-0.05, 0) is 43.9 Å². The van der Waals surface area contributed by atoms with Crippen LogP contribution in [0.3, 0.4) is 0 Å². The highest BCUT2D eigenvalue weighted by Gasteiger charge is 2.30. The predicted octanol–water partition coefficient (Wildman–Crippen LogP) is 4.07. The Balaban J connectivity index is 1.72. The van der Waals surface area contributed by atoms with Crippen LogP contribution in [0.25, 0.3) is 16.9 Å². The van der Waals surface area contributed by atoms with Crippen LogP contribution >= 0.6 is 0 Å². The molecule has 25 heavy (non-hydrogen) atoms. The minimum atomic E-state index is -0.0714. The quantitative estimate of drug-likeness (QED) is 0.766. The van der Waals surface area contributed by atoms with E-state index < -0.39 is 0 Å². The van der Waals surface area contributed by atoms with E-state index in [4.69, 9.17) is 5.10 Å². The van der Waals surface area contributed by atoms with Crippen LogP contribution < -0.4 is 5.32 Å². The van der Waals surface area contributed by atoms with Gasteiger partial charge in [0.2, 0.25) is 0 Å². The molecule has 0 aliphatic heterocycles. The number of para-hydroxylation sites is 1. The van der Waals surface area contributed by atoms with E-state index >= 15 is 0 Å². The molecule has 1 aliphatic rings. The Hall–Kier alpha value is -2.88. The van der Waals surface area contributed by atoms with E-state index in [2.05, 4.69) is 12.2 Å². The van der Waals surface area contributed by atoms with E-state index in [1.807, 2.05) is 66.7 Å². The minimum Gasteiger partial charge on any atom is -0.348 e. The molecule has 126 valence electrons. The topological polar surface area (TPSA) is 46.9 Å². The van der Waals surface area contributed by atoms with Gasteiger partial charge in [0, 0.05) is 11.6 Å². The second-order valence-electron chi connectivity index (χ2n) is 6.63. The number of nitrogens with zero attached hydrogens (tertiary/aromatic N) is 2. The first-order chi connectivity index (χ1) is 12.2. The van der Waals surface area contributed by atoms with Gasteiger partial charge in [-0.2, -0.15) is 5.10 Å². The van der Waals surface area contributed by atoms with Gasteiger partial charge in [-0.1, -0.05) is 48.5 Å².